The topological polar surface area (TPSA) is 42.7 Å². The van der Waals surface area contributed by atoms with Crippen LogP contribution >= 0.6 is 11.6 Å². The minimum absolute atomic E-state index is 0.350. The predicted octanol–water partition coefficient (Wildman–Crippen LogP) is 5.05. The zero-order chi connectivity index (χ0) is 19.7. The molecule has 1 aliphatic carbocycles. The van der Waals surface area contributed by atoms with Gasteiger partial charge in [0.25, 0.3) is 0 Å². The van der Waals surface area contributed by atoms with E-state index in [-0.39, 0.29) is 0 Å². The monoisotopic (exact) mass is 392 g/mol. The van der Waals surface area contributed by atoms with Gasteiger partial charge in [0.15, 0.2) is 0 Å². The fraction of sp³-hybridized carbons (Fsp3) is 0.304. The number of hydrogen-bond donors (Lipinski definition) is 1. The fourth-order valence-electron chi connectivity index (χ4n) is 3.96. The Morgan fingerprint density at radius 2 is 2.00 bits per heavy atom. The summed E-state index contributed by atoms with van der Waals surface area (Å²) in [6.07, 6.45) is 7.45. The number of nitrogens with one attached hydrogen (secondary N) is 1. The molecule has 5 heteroatoms. The van der Waals surface area contributed by atoms with Crippen LogP contribution in [0.25, 0.3) is 5.69 Å². The summed E-state index contributed by atoms with van der Waals surface area (Å²) in [6.45, 7) is 7.03. The molecule has 0 amide bonds. The molecule has 2 heterocycles. The zero-order valence-electron chi connectivity index (χ0n) is 16.5. The summed E-state index contributed by atoms with van der Waals surface area (Å²) in [5.74, 6) is 0.371. The molecule has 1 aromatic carbocycles. The number of aromatic nitrogens is 3. The third-order valence-electron chi connectivity index (χ3n) is 5.47. The van der Waals surface area contributed by atoms with Crippen molar-refractivity contribution in [3.8, 4) is 5.69 Å². The molecule has 1 aliphatic rings. The number of rotatable bonds is 5. The van der Waals surface area contributed by atoms with Gasteiger partial charge in [0, 0.05) is 41.0 Å². The normalized spacial score (nSPS) is 18.7. The Bertz CT molecular complexity index is 1010. The van der Waals surface area contributed by atoms with Gasteiger partial charge in [-0.3, -0.25) is 4.98 Å². The lowest BCUT2D eigenvalue weighted by Gasteiger charge is -2.14. The first-order chi connectivity index (χ1) is 13.5. The maximum atomic E-state index is 6.33. The quantitative estimate of drug-likeness (QED) is 0.618. The molecule has 4 rings (SSSR count). The van der Waals surface area contributed by atoms with Crippen molar-refractivity contribution in [2.45, 2.75) is 45.7 Å². The van der Waals surface area contributed by atoms with Gasteiger partial charge in [-0.1, -0.05) is 35.9 Å². The van der Waals surface area contributed by atoms with E-state index in [1.54, 1.807) is 0 Å². The molecule has 2 unspecified atom stereocenters. The largest absolute Gasteiger partial charge is 0.305 e. The molecule has 28 heavy (non-hydrogen) atoms. The summed E-state index contributed by atoms with van der Waals surface area (Å²) in [6, 6.07) is 12.5. The summed E-state index contributed by atoms with van der Waals surface area (Å²) >= 11 is 6.33. The highest BCUT2D eigenvalue weighted by molar-refractivity contribution is 6.31. The number of nitrogens with zero attached hydrogens (tertiary/aromatic N) is 3. The maximum absolute atomic E-state index is 6.33. The van der Waals surface area contributed by atoms with Crippen LogP contribution in [0.5, 0.6) is 0 Å². The van der Waals surface area contributed by atoms with Crippen molar-refractivity contribution in [3.63, 3.8) is 0 Å². The molecule has 0 fully saturated rings. The van der Waals surface area contributed by atoms with Crippen molar-refractivity contribution < 1.29 is 0 Å². The van der Waals surface area contributed by atoms with Crippen molar-refractivity contribution in [3.05, 3.63) is 88.0 Å². The van der Waals surface area contributed by atoms with E-state index in [1.807, 2.05) is 48.1 Å². The Morgan fingerprint density at radius 1 is 1.14 bits per heavy atom. The van der Waals surface area contributed by atoms with Gasteiger partial charge in [-0.25, -0.2) is 4.68 Å². The number of hydrogen-bond acceptors (Lipinski definition) is 3. The van der Waals surface area contributed by atoms with E-state index in [2.05, 4.69) is 42.4 Å². The number of pyridine rings is 1. The molecule has 0 saturated carbocycles. The van der Waals surface area contributed by atoms with Crippen molar-refractivity contribution in [1.82, 2.24) is 20.1 Å². The van der Waals surface area contributed by atoms with E-state index in [4.69, 9.17) is 16.7 Å². The molecule has 4 nitrogen and oxygen atoms in total. The number of halogens is 1. The SMILES string of the molecule is Cc1ccc(-n2nc(C)c(C3C=CC(NCc4ccccn4)C3)c2C)cc1Cl. The second-order valence-corrected chi connectivity index (χ2v) is 7.87. The molecular weight excluding hydrogens is 368 g/mol. The fourth-order valence-corrected chi connectivity index (χ4v) is 4.13. The lowest BCUT2D eigenvalue weighted by Crippen LogP contribution is -2.25. The van der Waals surface area contributed by atoms with E-state index in [9.17, 15) is 0 Å². The molecule has 0 spiro atoms. The third kappa shape index (κ3) is 3.75. The number of allylic oxidation sites excluding steroid dienone is 1. The molecule has 0 saturated heterocycles. The van der Waals surface area contributed by atoms with Crippen LogP contribution in [0.15, 0.2) is 54.7 Å². The Morgan fingerprint density at radius 3 is 2.75 bits per heavy atom. The van der Waals surface area contributed by atoms with Crippen LogP contribution in [0.4, 0.5) is 0 Å². The van der Waals surface area contributed by atoms with E-state index >= 15 is 0 Å². The van der Waals surface area contributed by atoms with Gasteiger partial charge in [-0.05, 0) is 57.0 Å². The van der Waals surface area contributed by atoms with E-state index in [0.29, 0.717) is 12.0 Å². The average molecular weight is 393 g/mol. The molecule has 1 N–H and O–H groups in total. The average Bonchev–Trinajstić information content (AvgIpc) is 3.27. The van der Waals surface area contributed by atoms with Gasteiger partial charge in [-0.15, -0.1) is 0 Å². The zero-order valence-corrected chi connectivity index (χ0v) is 17.2. The first-order valence-corrected chi connectivity index (χ1v) is 10.0. The van der Waals surface area contributed by atoms with Gasteiger partial charge < -0.3 is 5.32 Å². The Hall–Kier alpha value is -2.43. The summed E-state index contributed by atoms with van der Waals surface area (Å²) < 4.78 is 2.01. The minimum atomic E-state index is 0.350. The second-order valence-electron chi connectivity index (χ2n) is 7.47. The molecule has 0 bridgehead atoms. The van der Waals surface area contributed by atoms with Crippen LogP contribution in [0.1, 0.15) is 40.5 Å². The van der Waals surface area contributed by atoms with E-state index in [0.717, 1.165) is 40.6 Å². The third-order valence-corrected chi connectivity index (χ3v) is 5.88. The highest BCUT2D eigenvalue weighted by Crippen LogP contribution is 2.34. The molecule has 2 atom stereocenters. The van der Waals surface area contributed by atoms with Crippen LogP contribution < -0.4 is 5.32 Å². The second kappa shape index (κ2) is 7.90. The van der Waals surface area contributed by atoms with E-state index < -0.39 is 0 Å². The molecular formula is C23H25ClN4. The summed E-state index contributed by atoms with van der Waals surface area (Å²) in [5, 5.41) is 9.17. The Kier molecular flexibility index (Phi) is 5.33. The van der Waals surface area contributed by atoms with Crippen LogP contribution in [0, 0.1) is 20.8 Å². The smallest absolute Gasteiger partial charge is 0.0663 e. The van der Waals surface area contributed by atoms with Gasteiger partial charge >= 0.3 is 0 Å². The molecule has 3 aromatic rings. The van der Waals surface area contributed by atoms with Gasteiger partial charge in [-0.2, -0.15) is 5.10 Å². The van der Waals surface area contributed by atoms with Crippen molar-refractivity contribution >= 4 is 11.6 Å². The van der Waals surface area contributed by atoms with Crippen LogP contribution in [0.3, 0.4) is 0 Å². The first-order valence-electron chi connectivity index (χ1n) is 9.67. The summed E-state index contributed by atoms with van der Waals surface area (Å²) in [7, 11) is 0. The lowest BCUT2D eigenvalue weighted by atomic mass is 9.96. The highest BCUT2D eigenvalue weighted by Gasteiger charge is 2.26. The minimum Gasteiger partial charge on any atom is -0.305 e. The first kappa shape index (κ1) is 18.9. The highest BCUT2D eigenvalue weighted by atomic mass is 35.5. The maximum Gasteiger partial charge on any atom is 0.0663 e. The standard InChI is InChI=1S/C23H25ClN4/c1-15-7-10-21(13-22(15)24)28-17(3)23(16(2)27-28)18-8-9-19(12-18)26-14-20-6-4-5-11-25-20/h4-11,13,18-19,26H,12,14H2,1-3H3. The van der Waals surface area contributed by atoms with Gasteiger partial charge in [0.05, 0.1) is 17.1 Å². The van der Waals surface area contributed by atoms with Crippen LogP contribution in [-0.2, 0) is 6.54 Å². The lowest BCUT2D eigenvalue weighted by molar-refractivity contribution is 0.554. The Labute approximate surface area is 171 Å². The van der Waals surface area contributed by atoms with Crippen molar-refractivity contribution in [2.75, 3.05) is 0 Å². The van der Waals surface area contributed by atoms with Gasteiger partial charge in [0.2, 0.25) is 0 Å². The van der Waals surface area contributed by atoms with E-state index in [1.165, 1.54) is 11.3 Å². The number of aryl methyl sites for hydroxylation is 2. The van der Waals surface area contributed by atoms with Crippen LogP contribution in [0.2, 0.25) is 5.02 Å². The molecule has 0 radical (unpaired) electrons. The predicted molar refractivity (Wildman–Crippen MR) is 114 cm³/mol. The number of benzene rings is 1. The summed E-state index contributed by atoms with van der Waals surface area (Å²) in [5.41, 5.74) is 6.72. The Balaban J connectivity index is 1.50. The molecule has 2 aromatic heterocycles. The van der Waals surface area contributed by atoms with Gasteiger partial charge in [0.1, 0.15) is 0 Å². The summed E-state index contributed by atoms with van der Waals surface area (Å²) in [4.78, 5) is 4.38. The van der Waals surface area contributed by atoms with Crippen molar-refractivity contribution in [2.24, 2.45) is 0 Å². The molecule has 144 valence electrons. The van der Waals surface area contributed by atoms with Crippen LogP contribution in [-0.4, -0.2) is 20.8 Å². The molecule has 0 aliphatic heterocycles. The van der Waals surface area contributed by atoms with Crippen molar-refractivity contribution in [1.29, 1.82) is 0 Å².